The van der Waals surface area contributed by atoms with Gasteiger partial charge in [0, 0.05) is 31.4 Å². The number of ether oxygens (including phenoxy) is 1. The summed E-state index contributed by atoms with van der Waals surface area (Å²) in [4.78, 5) is 11.0. The Morgan fingerprint density at radius 3 is 2.79 bits per heavy atom. The summed E-state index contributed by atoms with van der Waals surface area (Å²) in [5.41, 5.74) is 0. The minimum Gasteiger partial charge on any atom is -0.481 e. The lowest BCUT2D eigenvalue weighted by atomic mass is 9.97. The molecule has 0 amide bonds. The fourth-order valence-corrected chi connectivity index (χ4v) is 2.56. The number of anilines is 1. The van der Waals surface area contributed by atoms with Gasteiger partial charge in [-0.15, -0.1) is 0 Å². The fraction of sp³-hybridized carbons (Fsp3) is 0.714. The minimum absolute atomic E-state index is 0.641. The van der Waals surface area contributed by atoms with E-state index in [1.165, 1.54) is 32.2 Å². The molecule has 2 fully saturated rings. The van der Waals surface area contributed by atoms with Crippen molar-refractivity contribution in [2.75, 3.05) is 31.6 Å². The van der Waals surface area contributed by atoms with Gasteiger partial charge in [0.25, 0.3) is 0 Å². The van der Waals surface area contributed by atoms with Crippen molar-refractivity contribution in [2.45, 2.75) is 31.7 Å². The highest BCUT2D eigenvalue weighted by atomic mass is 16.5. The van der Waals surface area contributed by atoms with Gasteiger partial charge in [-0.05, 0) is 38.1 Å². The Morgan fingerprint density at radius 1 is 1.32 bits per heavy atom. The fourth-order valence-electron chi connectivity index (χ4n) is 2.56. The van der Waals surface area contributed by atoms with Gasteiger partial charge in [0.05, 0.1) is 7.11 Å². The molecule has 5 heteroatoms. The van der Waals surface area contributed by atoms with E-state index in [4.69, 9.17) is 4.74 Å². The first-order chi connectivity index (χ1) is 9.35. The maximum absolute atomic E-state index is 5.15. The van der Waals surface area contributed by atoms with Crippen LogP contribution in [0.15, 0.2) is 12.3 Å². The molecular weight excluding hydrogens is 240 g/mol. The standard InChI is InChI=1S/C14H22N4O/c1-19-13-4-7-15-14(17-13)18-8-5-11(6-9-18)10-16-12-2-3-12/h4,7,11-12,16H,2-3,5-6,8-10H2,1H3. The highest BCUT2D eigenvalue weighted by Crippen LogP contribution is 2.23. The van der Waals surface area contributed by atoms with Crippen molar-refractivity contribution in [3.05, 3.63) is 12.3 Å². The van der Waals surface area contributed by atoms with E-state index in [0.717, 1.165) is 31.0 Å². The quantitative estimate of drug-likeness (QED) is 0.870. The zero-order valence-electron chi connectivity index (χ0n) is 11.5. The zero-order valence-corrected chi connectivity index (χ0v) is 11.5. The van der Waals surface area contributed by atoms with Crippen molar-refractivity contribution in [3.63, 3.8) is 0 Å². The van der Waals surface area contributed by atoms with Crippen molar-refractivity contribution in [3.8, 4) is 5.88 Å². The molecule has 104 valence electrons. The molecule has 0 bridgehead atoms. The number of hydrogen-bond acceptors (Lipinski definition) is 5. The molecule has 0 radical (unpaired) electrons. The number of rotatable bonds is 5. The van der Waals surface area contributed by atoms with Gasteiger partial charge >= 0.3 is 0 Å². The molecule has 1 N–H and O–H groups in total. The first kappa shape index (κ1) is 12.7. The second-order valence-electron chi connectivity index (χ2n) is 5.51. The van der Waals surface area contributed by atoms with Gasteiger partial charge in [-0.2, -0.15) is 4.98 Å². The SMILES string of the molecule is COc1ccnc(N2CCC(CNC3CC3)CC2)n1. The molecule has 3 rings (SSSR count). The van der Waals surface area contributed by atoms with Crippen molar-refractivity contribution >= 4 is 5.95 Å². The first-order valence-electron chi connectivity index (χ1n) is 7.20. The number of nitrogens with one attached hydrogen (secondary N) is 1. The molecule has 1 aromatic rings. The Balaban J connectivity index is 1.50. The average Bonchev–Trinajstić information content (AvgIpc) is 3.30. The third kappa shape index (κ3) is 3.35. The molecule has 1 saturated carbocycles. The van der Waals surface area contributed by atoms with Crippen molar-refractivity contribution in [1.82, 2.24) is 15.3 Å². The van der Waals surface area contributed by atoms with E-state index in [2.05, 4.69) is 20.2 Å². The molecular formula is C14H22N4O. The van der Waals surface area contributed by atoms with E-state index in [1.807, 2.05) is 0 Å². The van der Waals surface area contributed by atoms with Crippen LogP contribution in [0.5, 0.6) is 5.88 Å². The smallest absolute Gasteiger partial charge is 0.228 e. The lowest BCUT2D eigenvalue weighted by Crippen LogP contribution is -2.38. The summed E-state index contributed by atoms with van der Waals surface area (Å²) in [5.74, 6) is 2.25. The Kier molecular flexibility index (Phi) is 3.82. The molecule has 1 aromatic heterocycles. The largest absolute Gasteiger partial charge is 0.481 e. The summed E-state index contributed by atoms with van der Waals surface area (Å²) >= 11 is 0. The first-order valence-corrected chi connectivity index (χ1v) is 7.20. The molecule has 0 spiro atoms. The van der Waals surface area contributed by atoms with Crippen molar-refractivity contribution < 1.29 is 4.74 Å². The van der Waals surface area contributed by atoms with Crippen LogP contribution >= 0.6 is 0 Å². The van der Waals surface area contributed by atoms with Crippen LogP contribution in [-0.2, 0) is 0 Å². The van der Waals surface area contributed by atoms with Crippen LogP contribution in [0.25, 0.3) is 0 Å². The number of methoxy groups -OCH3 is 1. The maximum atomic E-state index is 5.15. The summed E-state index contributed by atoms with van der Waals surface area (Å²) in [7, 11) is 1.64. The summed E-state index contributed by atoms with van der Waals surface area (Å²) < 4.78 is 5.15. The van der Waals surface area contributed by atoms with E-state index < -0.39 is 0 Å². The molecule has 19 heavy (non-hydrogen) atoms. The van der Waals surface area contributed by atoms with Crippen LogP contribution in [0.4, 0.5) is 5.95 Å². The molecule has 1 aliphatic carbocycles. The second-order valence-corrected chi connectivity index (χ2v) is 5.51. The van der Waals surface area contributed by atoms with Gasteiger partial charge in [0.2, 0.25) is 11.8 Å². The Labute approximate surface area is 114 Å². The van der Waals surface area contributed by atoms with Gasteiger partial charge in [-0.3, -0.25) is 0 Å². The Bertz CT molecular complexity index is 414. The van der Waals surface area contributed by atoms with Gasteiger partial charge in [0.1, 0.15) is 0 Å². The van der Waals surface area contributed by atoms with E-state index in [-0.39, 0.29) is 0 Å². The van der Waals surface area contributed by atoms with Gasteiger partial charge in [-0.1, -0.05) is 0 Å². The van der Waals surface area contributed by atoms with Crippen molar-refractivity contribution in [1.29, 1.82) is 0 Å². The molecule has 5 nitrogen and oxygen atoms in total. The predicted molar refractivity (Wildman–Crippen MR) is 74.5 cm³/mol. The average molecular weight is 262 g/mol. The lowest BCUT2D eigenvalue weighted by molar-refractivity contribution is 0.375. The molecule has 0 aromatic carbocycles. The molecule has 0 atom stereocenters. The van der Waals surface area contributed by atoms with Gasteiger partial charge in [0.15, 0.2) is 0 Å². The third-order valence-corrected chi connectivity index (χ3v) is 4.00. The van der Waals surface area contributed by atoms with Crippen LogP contribution in [0.2, 0.25) is 0 Å². The monoisotopic (exact) mass is 262 g/mol. The van der Waals surface area contributed by atoms with Crippen LogP contribution in [0.1, 0.15) is 25.7 Å². The third-order valence-electron chi connectivity index (χ3n) is 4.00. The number of piperidine rings is 1. The molecule has 1 saturated heterocycles. The number of aromatic nitrogens is 2. The Hall–Kier alpha value is -1.36. The summed E-state index contributed by atoms with van der Waals surface area (Å²) in [5, 5.41) is 3.63. The highest BCUT2D eigenvalue weighted by Gasteiger charge is 2.25. The van der Waals surface area contributed by atoms with E-state index in [1.54, 1.807) is 19.4 Å². The summed E-state index contributed by atoms with van der Waals surface area (Å²) in [6.45, 7) is 3.27. The zero-order chi connectivity index (χ0) is 13.1. The Morgan fingerprint density at radius 2 is 2.11 bits per heavy atom. The van der Waals surface area contributed by atoms with Crippen LogP contribution in [0.3, 0.4) is 0 Å². The van der Waals surface area contributed by atoms with Crippen LogP contribution < -0.4 is 15.0 Å². The minimum atomic E-state index is 0.641. The summed E-state index contributed by atoms with van der Waals surface area (Å²) in [6.07, 6.45) is 6.95. The number of hydrogen-bond donors (Lipinski definition) is 1. The normalized spacial score (nSPS) is 20.6. The van der Waals surface area contributed by atoms with E-state index in [9.17, 15) is 0 Å². The summed E-state index contributed by atoms with van der Waals surface area (Å²) in [6, 6.07) is 2.61. The maximum Gasteiger partial charge on any atom is 0.228 e. The van der Waals surface area contributed by atoms with Crippen LogP contribution in [-0.4, -0.2) is 42.8 Å². The van der Waals surface area contributed by atoms with Gasteiger partial charge in [-0.25, -0.2) is 4.98 Å². The van der Waals surface area contributed by atoms with E-state index >= 15 is 0 Å². The van der Waals surface area contributed by atoms with Crippen LogP contribution in [0, 0.1) is 5.92 Å². The predicted octanol–water partition coefficient (Wildman–Crippen LogP) is 1.45. The molecule has 1 aliphatic heterocycles. The van der Waals surface area contributed by atoms with Crippen molar-refractivity contribution in [2.24, 2.45) is 5.92 Å². The topological polar surface area (TPSA) is 50.3 Å². The van der Waals surface area contributed by atoms with E-state index in [0.29, 0.717) is 5.88 Å². The molecule has 2 heterocycles. The molecule has 2 aliphatic rings. The molecule has 0 unspecified atom stereocenters. The second kappa shape index (κ2) is 5.74. The highest BCUT2D eigenvalue weighted by molar-refractivity contribution is 5.32. The van der Waals surface area contributed by atoms with Gasteiger partial charge < -0.3 is 15.0 Å². The lowest BCUT2D eigenvalue weighted by Gasteiger charge is -2.32. The number of nitrogens with zero attached hydrogens (tertiary/aromatic N) is 3.